The quantitative estimate of drug-likeness (QED) is 0.326. The van der Waals surface area contributed by atoms with E-state index in [0.717, 1.165) is 5.06 Å². The highest BCUT2D eigenvalue weighted by atomic mass is 16.8. The van der Waals surface area contributed by atoms with Crippen molar-refractivity contribution in [1.82, 2.24) is 5.06 Å². The number of rotatable bonds is 4. The molecule has 0 aromatic heterocycles. The van der Waals surface area contributed by atoms with Gasteiger partial charge >= 0.3 is 0 Å². The zero-order chi connectivity index (χ0) is 7.28. The molecule has 0 aliphatic rings. The number of hydrogen-bond acceptors (Lipinski definition) is 3. The van der Waals surface area contributed by atoms with Gasteiger partial charge in [-0.1, -0.05) is 0 Å². The maximum absolute atomic E-state index is 9.96. The maximum atomic E-state index is 9.96. The Balaban J connectivity index is 3.42. The van der Waals surface area contributed by atoms with Crippen LogP contribution in [0.4, 0.5) is 0 Å². The topological polar surface area (TPSA) is 49.8 Å². The van der Waals surface area contributed by atoms with Crippen LogP contribution in [0.2, 0.25) is 0 Å². The van der Waals surface area contributed by atoms with E-state index in [1.807, 2.05) is 0 Å². The van der Waals surface area contributed by atoms with Crippen molar-refractivity contribution < 1.29 is 14.7 Å². The summed E-state index contributed by atoms with van der Waals surface area (Å²) in [5.41, 5.74) is 0. The zero-order valence-corrected chi connectivity index (χ0v) is 5.57. The number of aliphatic hydroxyl groups is 1. The molecule has 1 unspecified atom stereocenters. The Morgan fingerprint density at radius 3 is 2.56 bits per heavy atom. The number of carbonyl (C=O) groups excluding carboxylic acids is 1. The molecule has 0 aliphatic carbocycles. The van der Waals surface area contributed by atoms with Crippen molar-refractivity contribution >= 4 is 6.41 Å². The van der Waals surface area contributed by atoms with E-state index in [-0.39, 0.29) is 0 Å². The van der Waals surface area contributed by atoms with Crippen molar-refractivity contribution in [2.24, 2.45) is 0 Å². The fraction of sp³-hybridized carbons (Fsp3) is 0.800. The van der Waals surface area contributed by atoms with Gasteiger partial charge in [0.1, 0.15) is 0 Å². The van der Waals surface area contributed by atoms with Crippen LogP contribution in [0.25, 0.3) is 0 Å². The normalized spacial score (nSPS) is 12.8. The molecular formula is C5H11NO3. The first kappa shape index (κ1) is 8.39. The average Bonchev–Trinajstić information content (AvgIpc) is 1.82. The summed E-state index contributed by atoms with van der Waals surface area (Å²) in [4.78, 5) is 14.5. The minimum absolute atomic E-state index is 0.439. The zero-order valence-electron chi connectivity index (χ0n) is 5.57. The lowest BCUT2D eigenvalue weighted by Gasteiger charge is -2.15. The predicted molar refractivity (Wildman–Crippen MR) is 31.2 cm³/mol. The van der Waals surface area contributed by atoms with Gasteiger partial charge < -0.3 is 5.11 Å². The second-order valence-corrected chi connectivity index (χ2v) is 1.54. The standard InChI is InChI=1S/C5H11NO3/c1-3-6(4-7)9-5(2)8/h4-5,8H,3H2,1-2H3. The third-order valence-corrected chi connectivity index (χ3v) is 0.717. The molecule has 4 heteroatoms. The van der Waals surface area contributed by atoms with Gasteiger partial charge in [0.05, 0.1) is 0 Å². The number of hydrogen-bond donors (Lipinski definition) is 1. The van der Waals surface area contributed by atoms with Gasteiger partial charge in [-0.2, -0.15) is 0 Å². The molecule has 9 heavy (non-hydrogen) atoms. The van der Waals surface area contributed by atoms with E-state index in [4.69, 9.17) is 5.11 Å². The number of hydroxylamine groups is 2. The van der Waals surface area contributed by atoms with Gasteiger partial charge in [-0.15, -0.1) is 0 Å². The molecule has 0 fully saturated rings. The third-order valence-electron chi connectivity index (χ3n) is 0.717. The minimum Gasteiger partial charge on any atom is -0.366 e. The van der Waals surface area contributed by atoms with Crippen LogP contribution in [-0.4, -0.2) is 29.4 Å². The summed E-state index contributed by atoms with van der Waals surface area (Å²) in [6.07, 6.45) is -0.401. The molecule has 0 rings (SSSR count). The Kier molecular flexibility index (Phi) is 4.00. The first-order chi connectivity index (χ1) is 4.20. The van der Waals surface area contributed by atoms with Gasteiger partial charge in [0.15, 0.2) is 6.29 Å². The Labute approximate surface area is 54.0 Å². The second-order valence-electron chi connectivity index (χ2n) is 1.54. The summed E-state index contributed by atoms with van der Waals surface area (Å²) in [5.74, 6) is 0. The smallest absolute Gasteiger partial charge is 0.233 e. The highest BCUT2D eigenvalue weighted by Gasteiger charge is 2.00. The van der Waals surface area contributed by atoms with E-state index in [0.29, 0.717) is 13.0 Å². The van der Waals surface area contributed by atoms with Gasteiger partial charge in [0, 0.05) is 6.54 Å². The van der Waals surface area contributed by atoms with E-state index in [1.54, 1.807) is 6.92 Å². The number of nitrogens with zero attached hydrogens (tertiary/aromatic N) is 1. The maximum Gasteiger partial charge on any atom is 0.233 e. The van der Waals surface area contributed by atoms with Gasteiger partial charge in [0.2, 0.25) is 6.41 Å². The fourth-order valence-electron chi connectivity index (χ4n) is 0.370. The van der Waals surface area contributed by atoms with Gasteiger partial charge in [-0.05, 0) is 13.8 Å². The lowest BCUT2D eigenvalue weighted by Crippen LogP contribution is -2.26. The average molecular weight is 133 g/mol. The van der Waals surface area contributed by atoms with Crippen LogP contribution in [-0.2, 0) is 9.63 Å². The molecule has 4 nitrogen and oxygen atoms in total. The summed E-state index contributed by atoms with van der Waals surface area (Å²) in [7, 11) is 0. The highest BCUT2D eigenvalue weighted by Crippen LogP contribution is 1.88. The van der Waals surface area contributed by atoms with Crippen molar-refractivity contribution in [3.63, 3.8) is 0 Å². The van der Waals surface area contributed by atoms with E-state index < -0.39 is 6.29 Å². The molecule has 0 spiro atoms. The molecule has 0 aliphatic heterocycles. The van der Waals surface area contributed by atoms with E-state index >= 15 is 0 Å². The van der Waals surface area contributed by atoms with Crippen LogP contribution >= 0.6 is 0 Å². The van der Waals surface area contributed by atoms with Crippen LogP contribution in [0.5, 0.6) is 0 Å². The van der Waals surface area contributed by atoms with E-state index in [2.05, 4.69) is 4.84 Å². The van der Waals surface area contributed by atoms with Crippen LogP contribution in [0.15, 0.2) is 0 Å². The molecule has 0 saturated heterocycles. The first-order valence-electron chi connectivity index (χ1n) is 2.77. The number of aliphatic hydroxyl groups excluding tert-OH is 1. The van der Waals surface area contributed by atoms with Crippen molar-refractivity contribution in [1.29, 1.82) is 0 Å². The first-order valence-corrected chi connectivity index (χ1v) is 2.77. The molecule has 0 radical (unpaired) electrons. The van der Waals surface area contributed by atoms with Crippen molar-refractivity contribution in [2.75, 3.05) is 6.54 Å². The number of amides is 1. The molecule has 1 N–H and O–H groups in total. The van der Waals surface area contributed by atoms with Gasteiger partial charge in [-0.3, -0.25) is 4.79 Å². The Morgan fingerprint density at radius 2 is 2.44 bits per heavy atom. The van der Waals surface area contributed by atoms with Crippen LogP contribution in [0, 0.1) is 0 Å². The van der Waals surface area contributed by atoms with Crippen molar-refractivity contribution in [2.45, 2.75) is 20.1 Å². The summed E-state index contributed by atoms with van der Waals surface area (Å²) < 4.78 is 0. The summed E-state index contributed by atoms with van der Waals surface area (Å²) in [5, 5.41) is 9.58. The van der Waals surface area contributed by atoms with Crippen molar-refractivity contribution in [3.05, 3.63) is 0 Å². The second kappa shape index (κ2) is 4.29. The molecule has 0 saturated carbocycles. The third kappa shape index (κ3) is 3.93. The monoisotopic (exact) mass is 133 g/mol. The summed E-state index contributed by atoms with van der Waals surface area (Å²) in [6.45, 7) is 3.62. The minimum atomic E-state index is -0.921. The molecule has 1 atom stereocenters. The highest BCUT2D eigenvalue weighted by molar-refractivity contribution is 5.44. The van der Waals surface area contributed by atoms with E-state index in [9.17, 15) is 4.79 Å². The Hall–Kier alpha value is -0.610. The Bertz CT molecular complexity index is 84.3. The summed E-state index contributed by atoms with van der Waals surface area (Å²) in [6, 6.07) is 0. The summed E-state index contributed by atoms with van der Waals surface area (Å²) >= 11 is 0. The molecule has 1 amide bonds. The van der Waals surface area contributed by atoms with Gasteiger partial charge in [0.25, 0.3) is 0 Å². The van der Waals surface area contributed by atoms with Crippen LogP contribution in [0.3, 0.4) is 0 Å². The molecule has 0 aromatic carbocycles. The SMILES string of the molecule is CCN(C=O)OC(C)O. The van der Waals surface area contributed by atoms with Crippen LogP contribution < -0.4 is 0 Å². The lowest BCUT2D eigenvalue weighted by atomic mass is 10.7. The van der Waals surface area contributed by atoms with Crippen molar-refractivity contribution in [3.8, 4) is 0 Å². The van der Waals surface area contributed by atoms with E-state index in [1.165, 1.54) is 6.92 Å². The van der Waals surface area contributed by atoms with Crippen LogP contribution in [0.1, 0.15) is 13.8 Å². The fourth-order valence-corrected chi connectivity index (χ4v) is 0.370. The molecule has 0 aromatic rings. The molecular weight excluding hydrogens is 122 g/mol. The number of carbonyl (C=O) groups is 1. The predicted octanol–water partition coefficient (Wildman–Crippen LogP) is -0.265. The van der Waals surface area contributed by atoms with Gasteiger partial charge in [-0.25, -0.2) is 9.90 Å². The molecule has 0 heterocycles. The lowest BCUT2D eigenvalue weighted by molar-refractivity contribution is -0.239. The largest absolute Gasteiger partial charge is 0.366 e. The Morgan fingerprint density at radius 1 is 1.89 bits per heavy atom. The molecule has 0 bridgehead atoms. The molecule has 54 valence electrons.